The van der Waals surface area contributed by atoms with Gasteiger partial charge in [-0.3, -0.25) is 9.59 Å². The summed E-state index contributed by atoms with van der Waals surface area (Å²) in [5.74, 6) is 2.49. The minimum atomic E-state index is -0.0758. The van der Waals surface area contributed by atoms with E-state index in [0.717, 1.165) is 5.75 Å². The number of piperazine rings is 1. The molecule has 1 fully saturated rings. The Morgan fingerprint density at radius 1 is 0.933 bits per heavy atom. The minimum absolute atomic E-state index is 0.0758. The quantitative estimate of drug-likeness (QED) is 0.678. The number of hydrogen-bond donors (Lipinski definition) is 0. The maximum Gasteiger partial charge on any atom is 0.254 e. The summed E-state index contributed by atoms with van der Waals surface area (Å²) in [7, 11) is 3.12. The zero-order valence-corrected chi connectivity index (χ0v) is 18.5. The first-order chi connectivity index (χ1) is 14.5. The van der Waals surface area contributed by atoms with Gasteiger partial charge in [-0.05, 0) is 24.6 Å². The lowest BCUT2D eigenvalue weighted by molar-refractivity contribution is -0.129. The number of ether oxygens (including phenoxy) is 2. The van der Waals surface area contributed by atoms with Crippen molar-refractivity contribution in [1.82, 2.24) is 9.80 Å². The van der Waals surface area contributed by atoms with Crippen LogP contribution in [0.25, 0.3) is 0 Å². The molecule has 0 aromatic heterocycles. The summed E-state index contributed by atoms with van der Waals surface area (Å²) in [6.45, 7) is 4.22. The number of nitrogens with zero attached hydrogens (tertiary/aromatic N) is 2. The van der Waals surface area contributed by atoms with E-state index >= 15 is 0 Å². The molecule has 2 aromatic rings. The number of amides is 2. The Balaban J connectivity index is 1.49. The molecule has 0 unspecified atom stereocenters. The third kappa shape index (κ3) is 5.69. The Bertz CT molecular complexity index is 872. The third-order valence-corrected chi connectivity index (χ3v) is 6.08. The van der Waals surface area contributed by atoms with E-state index in [1.165, 1.54) is 11.1 Å². The Morgan fingerprint density at radius 3 is 2.17 bits per heavy atom. The monoisotopic (exact) mass is 428 g/mol. The van der Waals surface area contributed by atoms with Crippen molar-refractivity contribution in [3.05, 3.63) is 59.2 Å². The first-order valence-electron chi connectivity index (χ1n) is 9.93. The molecule has 1 heterocycles. The Labute approximate surface area is 182 Å². The lowest BCUT2D eigenvalue weighted by Gasteiger charge is -2.35. The average molecular weight is 429 g/mol. The highest BCUT2D eigenvalue weighted by molar-refractivity contribution is 7.99. The van der Waals surface area contributed by atoms with E-state index in [-0.39, 0.29) is 11.8 Å². The number of rotatable bonds is 7. The van der Waals surface area contributed by atoms with Crippen LogP contribution in [0.5, 0.6) is 11.5 Å². The van der Waals surface area contributed by atoms with Gasteiger partial charge in [0.2, 0.25) is 5.91 Å². The maximum absolute atomic E-state index is 12.9. The van der Waals surface area contributed by atoms with Crippen LogP contribution in [0.15, 0.2) is 42.5 Å². The van der Waals surface area contributed by atoms with Gasteiger partial charge >= 0.3 is 0 Å². The lowest BCUT2D eigenvalue weighted by atomic mass is 10.1. The van der Waals surface area contributed by atoms with Gasteiger partial charge in [0.15, 0.2) is 0 Å². The van der Waals surface area contributed by atoms with Crippen LogP contribution in [-0.4, -0.2) is 67.8 Å². The zero-order valence-electron chi connectivity index (χ0n) is 17.7. The number of aryl methyl sites for hydroxylation is 1. The van der Waals surface area contributed by atoms with Crippen molar-refractivity contribution < 1.29 is 19.1 Å². The molecule has 0 spiro atoms. The van der Waals surface area contributed by atoms with Crippen LogP contribution in [-0.2, 0) is 10.5 Å². The molecular formula is C23H28N2O4S. The van der Waals surface area contributed by atoms with E-state index in [9.17, 15) is 9.59 Å². The molecule has 1 aliphatic rings. The highest BCUT2D eigenvalue weighted by Crippen LogP contribution is 2.24. The van der Waals surface area contributed by atoms with Gasteiger partial charge < -0.3 is 19.3 Å². The molecule has 0 saturated carbocycles. The summed E-state index contributed by atoms with van der Waals surface area (Å²) in [4.78, 5) is 29.0. The number of methoxy groups -OCH3 is 2. The molecule has 1 saturated heterocycles. The molecule has 6 nitrogen and oxygen atoms in total. The fraction of sp³-hybridized carbons (Fsp3) is 0.391. The van der Waals surface area contributed by atoms with Crippen LogP contribution in [0.4, 0.5) is 0 Å². The van der Waals surface area contributed by atoms with Crippen molar-refractivity contribution in [2.24, 2.45) is 0 Å². The van der Waals surface area contributed by atoms with E-state index in [0.29, 0.717) is 49.0 Å². The zero-order chi connectivity index (χ0) is 21.5. The van der Waals surface area contributed by atoms with E-state index in [1.807, 2.05) is 11.0 Å². The second-order valence-corrected chi connectivity index (χ2v) is 8.24. The highest BCUT2D eigenvalue weighted by atomic mass is 32.2. The standard InChI is InChI=1S/C23H28N2O4S/c1-17-5-4-6-18(11-17)15-30-16-22(26)24-7-9-25(10-8-24)23(27)19-12-20(28-2)14-21(13-19)29-3/h4-6,11-14H,7-10,15-16H2,1-3H3. The van der Waals surface area contributed by atoms with Gasteiger partial charge in [-0.1, -0.05) is 29.8 Å². The first kappa shape index (κ1) is 22.0. The van der Waals surface area contributed by atoms with E-state index in [1.54, 1.807) is 49.1 Å². The summed E-state index contributed by atoms with van der Waals surface area (Å²) in [5, 5.41) is 0. The average Bonchev–Trinajstić information content (AvgIpc) is 2.78. The van der Waals surface area contributed by atoms with E-state index in [2.05, 4.69) is 25.1 Å². The number of thioether (sulfide) groups is 1. The predicted molar refractivity (Wildman–Crippen MR) is 119 cm³/mol. The SMILES string of the molecule is COc1cc(OC)cc(C(=O)N2CCN(C(=O)CSCc3cccc(C)c3)CC2)c1. The molecule has 7 heteroatoms. The largest absolute Gasteiger partial charge is 0.497 e. The van der Waals surface area contributed by atoms with Gasteiger partial charge in [0, 0.05) is 43.6 Å². The topological polar surface area (TPSA) is 59.1 Å². The molecule has 160 valence electrons. The van der Waals surface area contributed by atoms with Gasteiger partial charge in [-0.15, -0.1) is 11.8 Å². The number of carbonyl (C=O) groups excluding carboxylic acids is 2. The maximum atomic E-state index is 12.9. The van der Waals surface area contributed by atoms with Crippen LogP contribution in [0.3, 0.4) is 0 Å². The third-order valence-electron chi connectivity index (χ3n) is 5.09. The summed E-state index contributed by atoms with van der Waals surface area (Å²) >= 11 is 1.63. The molecule has 0 radical (unpaired) electrons. The number of benzene rings is 2. The Hall–Kier alpha value is -2.67. The molecule has 0 atom stereocenters. The molecule has 1 aliphatic heterocycles. The summed E-state index contributed by atoms with van der Waals surface area (Å²) in [6, 6.07) is 13.5. The van der Waals surface area contributed by atoms with Crippen molar-refractivity contribution in [3.63, 3.8) is 0 Å². The fourth-order valence-electron chi connectivity index (χ4n) is 3.42. The van der Waals surface area contributed by atoms with Crippen LogP contribution < -0.4 is 9.47 Å². The van der Waals surface area contributed by atoms with Crippen molar-refractivity contribution >= 4 is 23.6 Å². The van der Waals surface area contributed by atoms with Crippen LogP contribution in [0, 0.1) is 6.92 Å². The minimum Gasteiger partial charge on any atom is -0.497 e. The first-order valence-corrected chi connectivity index (χ1v) is 11.1. The van der Waals surface area contributed by atoms with E-state index < -0.39 is 0 Å². The van der Waals surface area contributed by atoms with Crippen molar-refractivity contribution in [3.8, 4) is 11.5 Å². The predicted octanol–water partition coefficient (Wildman–Crippen LogP) is 3.23. The second kappa shape index (κ2) is 10.4. The number of hydrogen-bond acceptors (Lipinski definition) is 5. The van der Waals surface area contributed by atoms with Crippen molar-refractivity contribution in [2.75, 3.05) is 46.2 Å². The van der Waals surface area contributed by atoms with Gasteiger partial charge in [0.1, 0.15) is 11.5 Å². The summed E-state index contributed by atoms with van der Waals surface area (Å²) in [5.41, 5.74) is 2.99. The fourth-order valence-corrected chi connectivity index (χ4v) is 4.30. The Morgan fingerprint density at radius 2 is 1.57 bits per heavy atom. The Kier molecular flexibility index (Phi) is 7.63. The van der Waals surface area contributed by atoms with Crippen LogP contribution in [0.1, 0.15) is 21.5 Å². The second-order valence-electron chi connectivity index (χ2n) is 7.26. The highest BCUT2D eigenvalue weighted by Gasteiger charge is 2.25. The summed E-state index contributed by atoms with van der Waals surface area (Å²) < 4.78 is 10.5. The smallest absolute Gasteiger partial charge is 0.254 e. The van der Waals surface area contributed by atoms with Gasteiger partial charge in [0.05, 0.1) is 20.0 Å². The number of carbonyl (C=O) groups is 2. The van der Waals surface area contributed by atoms with Crippen molar-refractivity contribution in [2.45, 2.75) is 12.7 Å². The van der Waals surface area contributed by atoms with Crippen molar-refractivity contribution in [1.29, 1.82) is 0 Å². The molecular weight excluding hydrogens is 400 g/mol. The summed E-state index contributed by atoms with van der Waals surface area (Å²) in [6.07, 6.45) is 0. The molecule has 0 aliphatic carbocycles. The van der Waals surface area contributed by atoms with Crippen LogP contribution in [0.2, 0.25) is 0 Å². The molecule has 0 bridgehead atoms. The molecule has 3 rings (SSSR count). The molecule has 2 amide bonds. The van der Waals surface area contributed by atoms with Gasteiger partial charge in [-0.2, -0.15) is 0 Å². The van der Waals surface area contributed by atoms with E-state index in [4.69, 9.17) is 9.47 Å². The molecule has 0 N–H and O–H groups in total. The van der Waals surface area contributed by atoms with Crippen LogP contribution >= 0.6 is 11.8 Å². The molecule has 2 aromatic carbocycles. The lowest BCUT2D eigenvalue weighted by Crippen LogP contribution is -2.51. The molecule has 30 heavy (non-hydrogen) atoms. The normalized spacial score (nSPS) is 13.8. The van der Waals surface area contributed by atoms with Gasteiger partial charge in [0.25, 0.3) is 5.91 Å². The van der Waals surface area contributed by atoms with Gasteiger partial charge in [-0.25, -0.2) is 0 Å².